The predicted octanol–water partition coefficient (Wildman–Crippen LogP) is -3.25. The van der Waals surface area contributed by atoms with Crippen LogP contribution >= 0.6 is 0 Å². The fraction of sp³-hybridized carbons (Fsp3) is 1.00. The molecule has 1 N–H and O–H groups in total. The first-order chi connectivity index (χ1) is 9.31. The Balaban J connectivity index is 0. The number of nitrogens with zero attached hydrogens (tertiary/aromatic N) is 7. The van der Waals surface area contributed by atoms with Gasteiger partial charge >= 0.3 is 29.6 Å². The summed E-state index contributed by atoms with van der Waals surface area (Å²) in [7, 11) is -3.61. The van der Waals surface area contributed by atoms with Crippen molar-refractivity contribution in [1.29, 1.82) is 0 Å². The molecule has 0 aliphatic rings. The Hall–Kier alpha value is -0.590. The van der Waals surface area contributed by atoms with E-state index in [4.69, 9.17) is 15.8 Å². The zero-order valence-corrected chi connectivity index (χ0v) is 14.4. The van der Waals surface area contributed by atoms with E-state index in [-0.39, 0.29) is 49.3 Å². The van der Waals surface area contributed by atoms with Crippen molar-refractivity contribution in [1.82, 2.24) is 4.31 Å². The largest absolute Gasteiger partial charge is 1.00 e. The second kappa shape index (κ2) is 12.0. The van der Waals surface area contributed by atoms with E-state index in [9.17, 15) is 18.1 Å². The van der Waals surface area contributed by atoms with Gasteiger partial charge in [0.25, 0.3) is 0 Å². The fourth-order valence-corrected chi connectivity index (χ4v) is 1.46. The van der Waals surface area contributed by atoms with Crippen molar-refractivity contribution < 1.29 is 52.4 Å². The van der Waals surface area contributed by atoms with Gasteiger partial charge in [-0.05, 0) is 11.1 Å². The minimum Gasteiger partial charge on any atom is -0.735 e. The van der Waals surface area contributed by atoms with Crippen LogP contribution in [0.2, 0.25) is 0 Å². The third kappa shape index (κ3) is 11.7. The van der Waals surface area contributed by atoms with Gasteiger partial charge in [0.2, 0.25) is 0 Å². The maximum atomic E-state index is 10.6. The maximum absolute atomic E-state index is 10.6. The van der Waals surface area contributed by atoms with E-state index in [0.29, 0.717) is 4.31 Å². The van der Waals surface area contributed by atoms with Crippen molar-refractivity contribution in [3.63, 3.8) is 0 Å². The molecule has 0 aromatic rings. The van der Waals surface area contributed by atoms with Gasteiger partial charge in [-0.1, -0.05) is 10.2 Å². The van der Waals surface area contributed by atoms with Gasteiger partial charge in [0, 0.05) is 23.4 Å². The average molecular weight is 331 g/mol. The molecule has 21 heavy (non-hydrogen) atoms. The third-order valence-electron chi connectivity index (χ3n) is 2.07. The van der Waals surface area contributed by atoms with Crippen molar-refractivity contribution in [2.24, 2.45) is 10.2 Å². The summed E-state index contributed by atoms with van der Waals surface area (Å²) in [4.78, 5) is 5.02. The van der Waals surface area contributed by atoms with Crippen LogP contribution in [0.1, 0.15) is 0 Å². The molecule has 0 aliphatic carbocycles. The molecule has 0 saturated carbocycles. The van der Waals surface area contributed by atoms with Gasteiger partial charge in [0.1, 0.15) is 0 Å². The first kappa shape index (κ1) is 22.7. The molecule has 0 radical (unpaired) electrons. The molecule has 1 unspecified atom stereocenters. The Morgan fingerprint density at radius 3 is 2.19 bits per heavy atom. The average Bonchev–Trinajstić information content (AvgIpc) is 2.36. The van der Waals surface area contributed by atoms with Crippen LogP contribution in [0.3, 0.4) is 0 Å². The second-order valence-electron chi connectivity index (χ2n) is 3.67. The van der Waals surface area contributed by atoms with Crippen molar-refractivity contribution >= 4 is 10.3 Å². The monoisotopic (exact) mass is 331 g/mol. The van der Waals surface area contributed by atoms with E-state index in [0.717, 1.165) is 7.05 Å². The van der Waals surface area contributed by atoms with Crippen LogP contribution < -0.4 is 29.6 Å². The third-order valence-corrected chi connectivity index (χ3v) is 2.98. The van der Waals surface area contributed by atoms with Crippen LogP contribution in [0.4, 0.5) is 0 Å². The van der Waals surface area contributed by atoms with Crippen molar-refractivity contribution in [3.05, 3.63) is 20.9 Å². The van der Waals surface area contributed by atoms with E-state index < -0.39 is 29.1 Å². The number of ether oxygens (including phenoxy) is 1. The Kier molecular flexibility index (Phi) is 13.0. The number of hydrogen-bond acceptors (Lipinski definition) is 7. The SMILES string of the molecule is CN(CC(O)COC(CN=[N+]=[N-])CN=[N+]=[N-])S(=O)(=O)[O-].[Na+]. The molecule has 0 spiro atoms. The molecule has 14 heteroatoms. The molecule has 1 atom stereocenters. The van der Waals surface area contributed by atoms with Crippen LogP contribution in [0.5, 0.6) is 0 Å². The standard InChI is InChI=1S/C7H15N7O5S.Na/c1-14(20(16,17)18)4-6(15)5-19-7(2-10-12-8)3-11-13-9;/h6-7,15H,2-5H2,1H3,(H,16,17,18);/q;+1/p-1. The van der Waals surface area contributed by atoms with E-state index in [1.807, 2.05) is 0 Å². The van der Waals surface area contributed by atoms with Crippen molar-refractivity contribution in [2.45, 2.75) is 12.2 Å². The number of aliphatic hydroxyl groups excluding tert-OH is 1. The number of aliphatic hydroxyl groups is 1. The molecule has 0 rings (SSSR count). The minimum absolute atomic E-state index is 0. The van der Waals surface area contributed by atoms with Crippen molar-refractivity contribution in [3.8, 4) is 0 Å². The second-order valence-corrected chi connectivity index (χ2v) is 5.15. The summed E-state index contributed by atoms with van der Waals surface area (Å²) in [6.45, 7) is -0.982. The molecule has 0 heterocycles. The van der Waals surface area contributed by atoms with Gasteiger partial charge in [0.15, 0.2) is 10.3 Å². The Labute approximate surface area is 143 Å². The summed E-state index contributed by atoms with van der Waals surface area (Å²) in [5, 5.41) is 16.0. The van der Waals surface area contributed by atoms with Gasteiger partial charge in [-0.2, -0.15) is 0 Å². The Morgan fingerprint density at radius 1 is 1.33 bits per heavy atom. The molecular formula is C7H14N7NaO5S. The smallest absolute Gasteiger partial charge is 0.735 e. The summed E-state index contributed by atoms with van der Waals surface area (Å²) in [5.74, 6) is 0. The molecule has 0 amide bonds. The van der Waals surface area contributed by atoms with Crippen LogP contribution in [0, 0.1) is 0 Å². The molecule has 0 fully saturated rings. The van der Waals surface area contributed by atoms with E-state index >= 15 is 0 Å². The summed E-state index contributed by atoms with van der Waals surface area (Å²) >= 11 is 0. The van der Waals surface area contributed by atoms with E-state index in [1.54, 1.807) is 0 Å². The van der Waals surface area contributed by atoms with E-state index in [2.05, 4.69) is 20.1 Å². The normalized spacial score (nSPS) is 13.5. The topological polar surface area (TPSA) is 187 Å². The number of likely N-dealkylation sites (N-methyl/N-ethyl adjacent to an activating group) is 1. The molecule has 12 nitrogen and oxygen atoms in total. The summed E-state index contributed by atoms with van der Waals surface area (Å²) in [5.41, 5.74) is 16.3. The predicted molar refractivity (Wildman–Crippen MR) is 66.1 cm³/mol. The van der Waals surface area contributed by atoms with Gasteiger partial charge < -0.3 is 14.4 Å². The van der Waals surface area contributed by atoms with Crippen LogP contribution in [-0.2, 0) is 15.0 Å². The minimum atomic E-state index is -4.63. The maximum Gasteiger partial charge on any atom is 1.00 e. The van der Waals surface area contributed by atoms with Crippen LogP contribution in [-0.4, -0.2) is 67.9 Å². The summed E-state index contributed by atoms with van der Waals surface area (Å²) in [6, 6.07) is 0. The number of hydrogen-bond donors (Lipinski definition) is 1. The first-order valence-corrected chi connectivity index (χ1v) is 6.66. The van der Waals surface area contributed by atoms with Crippen molar-refractivity contribution in [2.75, 3.05) is 33.3 Å². The quantitative estimate of drug-likeness (QED) is 0.144. The number of azide groups is 2. The number of rotatable bonds is 10. The molecule has 0 bridgehead atoms. The van der Waals surface area contributed by atoms with E-state index in [1.165, 1.54) is 0 Å². The molecule has 0 saturated heterocycles. The molecule has 0 aromatic carbocycles. The fourth-order valence-electron chi connectivity index (χ4n) is 1.11. The van der Waals surface area contributed by atoms with Gasteiger partial charge in [-0.15, -0.1) is 0 Å². The molecule has 0 aromatic heterocycles. The molecule has 114 valence electrons. The Morgan fingerprint density at radius 2 is 1.81 bits per heavy atom. The summed E-state index contributed by atoms with van der Waals surface area (Å²) in [6.07, 6.45) is -1.99. The summed E-state index contributed by atoms with van der Waals surface area (Å²) < 4.78 is 37.3. The first-order valence-electron chi connectivity index (χ1n) is 5.29. The van der Waals surface area contributed by atoms with Crippen LogP contribution in [0.25, 0.3) is 20.9 Å². The van der Waals surface area contributed by atoms with Gasteiger partial charge in [0.05, 0.1) is 31.9 Å². The van der Waals surface area contributed by atoms with Gasteiger partial charge in [-0.3, -0.25) is 0 Å². The van der Waals surface area contributed by atoms with Crippen LogP contribution in [0.15, 0.2) is 10.2 Å². The molecular weight excluding hydrogens is 317 g/mol. The zero-order chi connectivity index (χ0) is 15.6. The zero-order valence-electron chi connectivity index (χ0n) is 11.6. The molecule has 0 aliphatic heterocycles. The Bertz CT molecular complexity index is 470. The van der Waals surface area contributed by atoms with Gasteiger partial charge in [-0.25, -0.2) is 12.7 Å².